The summed E-state index contributed by atoms with van der Waals surface area (Å²) < 4.78 is 0. The van der Waals surface area contributed by atoms with Gasteiger partial charge in [-0.25, -0.2) is 0 Å². The Labute approximate surface area is 159 Å². The van der Waals surface area contributed by atoms with Crippen molar-refractivity contribution in [1.82, 2.24) is 4.90 Å². The van der Waals surface area contributed by atoms with Gasteiger partial charge < -0.3 is 4.90 Å². The number of anilines is 1. The number of carbonyl (C=O) groups excluding carboxylic acids is 2. The van der Waals surface area contributed by atoms with E-state index in [4.69, 9.17) is 0 Å². The fourth-order valence-corrected chi connectivity index (χ4v) is 4.55. The lowest BCUT2D eigenvalue weighted by Crippen LogP contribution is -2.44. The highest BCUT2D eigenvalue weighted by Gasteiger charge is 2.34. The maximum atomic E-state index is 12.4. The average Bonchev–Trinajstić information content (AvgIpc) is 2.83. The SMILES string of the molecule is C=CCN1C(=O)S/C(=C/c2ccc3c(c2)C(C)=CC(C)(C)N3CC)C1=O. The number of nitrogens with zero attached hydrogens (tertiary/aromatic N) is 2. The van der Waals surface area contributed by atoms with Crippen LogP contribution in [0.2, 0.25) is 0 Å². The average molecular weight is 369 g/mol. The van der Waals surface area contributed by atoms with Crippen LogP contribution in [0.5, 0.6) is 0 Å². The second-order valence-corrected chi connectivity index (χ2v) is 8.08. The summed E-state index contributed by atoms with van der Waals surface area (Å²) in [4.78, 5) is 28.4. The summed E-state index contributed by atoms with van der Waals surface area (Å²) in [6.07, 6.45) is 5.64. The largest absolute Gasteiger partial charge is 0.363 e. The van der Waals surface area contributed by atoms with Crippen molar-refractivity contribution in [2.24, 2.45) is 0 Å². The zero-order valence-corrected chi connectivity index (χ0v) is 16.5. The van der Waals surface area contributed by atoms with Crippen molar-refractivity contribution < 1.29 is 9.59 Å². The van der Waals surface area contributed by atoms with Crippen molar-refractivity contribution in [3.8, 4) is 0 Å². The van der Waals surface area contributed by atoms with Crippen LogP contribution in [0.15, 0.2) is 41.8 Å². The predicted molar refractivity (Wildman–Crippen MR) is 110 cm³/mol. The van der Waals surface area contributed by atoms with Crippen LogP contribution in [0.4, 0.5) is 10.5 Å². The van der Waals surface area contributed by atoms with E-state index in [1.54, 1.807) is 12.2 Å². The molecule has 1 aromatic carbocycles. The fraction of sp³-hybridized carbons (Fsp3) is 0.333. The van der Waals surface area contributed by atoms with E-state index in [1.807, 2.05) is 6.07 Å². The first-order valence-corrected chi connectivity index (χ1v) is 9.58. The molecule has 0 bridgehead atoms. The lowest BCUT2D eigenvalue weighted by molar-refractivity contribution is -0.122. The second kappa shape index (κ2) is 6.80. The first-order chi connectivity index (χ1) is 12.3. The van der Waals surface area contributed by atoms with E-state index in [1.165, 1.54) is 21.7 Å². The normalized spacial score (nSPS) is 20.5. The maximum absolute atomic E-state index is 12.4. The number of fused-ring (bicyclic) bond motifs is 1. The standard InChI is InChI=1S/C21H24N2O2S/c1-6-10-22-19(24)18(26-20(22)25)12-15-8-9-17-16(11-15)14(3)13-21(4,5)23(17)7-2/h6,8-9,11-13H,1,7,10H2,2-5H3/b18-12+. The molecule has 1 fully saturated rings. The zero-order valence-electron chi connectivity index (χ0n) is 15.7. The number of rotatable bonds is 4. The third-order valence-electron chi connectivity index (χ3n) is 4.80. The van der Waals surface area contributed by atoms with Crippen molar-refractivity contribution in [3.63, 3.8) is 0 Å². The van der Waals surface area contributed by atoms with E-state index in [9.17, 15) is 9.59 Å². The van der Waals surface area contributed by atoms with Gasteiger partial charge in [0.1, 0.15) is 0 Å². The van der Waals surface area contributed by atoms with Crippen LogP contribution >= 0.6 is 11.8 Å². The third-order valence-corrected chi connectivity index (χ3v) is 5.71. The molecule has 0 atom stereocenters. The molecule has 0 unspecified atom stereocenters. The summed E-state index contributed by atoms with van der Waals surface area (Å²) in [5, 5.41) is -0.242. The van der Waals surface area contributed by atoms with Crippen LogP contribution in [0.1, 0.15) is 38.8 Å². The van der Waals surface area contributed by atoms with E-state index < -0.39 is 0 Å². The van der Waals surface area contributed by atoms with E-state index in [-0.39, 0.29) is 23.2 Å². The summed E-state index contributed by atoms with van der Waals surface area (Å²) in [6.45, 7) is 13.5. The predicted octanol–water partition coefficient (Wildman–Crippen LogP) is 4.93. The molecule has 0 aromatic heterocycles. The van der Waals surface area contributed by atoms with Gasteiger partial charge >= 0.3 is 0 Å². The molecule has 0 N–H and O–H groups in total. The Morgan fingerprint density at radius 3 is 2.65 bits per heavy atom. The van der Waals surface area contributed by atoms with E-state index >= 15 is 0 Å². The van der Waals surface area contributed by atoms with Crippen LogP contribution in [-0.2, 0) is 4.79 Å². The number of allylic oxidation sites excluding steroid dienone is 1. The van der Waals surface area contributed by atoms with Gasteiger partial charge in [0.2, 0.25) is 0 Å². The molecular formula is C21H24N2O2S. The molecule has 3 rings (SSSR count). The highest BCUT2D eigenvalue weighted by Crippen LogP contribution is 2.40. The minimum atomic E-state index is -0.249. The van der Waals surface area contributed by atoms with Crippen LogP contribution < -0.4 is 4.90 Å². The van der Waals surface area contributed by atoms with Gasteiger partial charge in [0.15, 0.2) is 0 Å². The van der Waals surface area contributed by atoms with E-state index in [0.717, 1.165) is 23.9 Å². The molecule has 0 spiro atoms. The van der Waals surface area contributed by atoms with Gasteiger partial charge in [0.25, 0.3) is 11.1 Å². The third kappa shape index (κ3) is 3.12. The van der Waals surface area contributed by atoms with Crippen molar-refractivity contribution in [2.45, 2.75) is 33.2 Å². The van der Waals surface area contributed by atoms with Gasteiger partial charge in [0.05, 0.1) is 10.4 Å². The highest BCUT2D eigenvalue weighted by atomic mass is 32.2. The molecule has 26 heavy (non-hydrogen) atoms. The van der Waals surface area contributed by atoms with Crippen LogP contribution in [0.3, 0.4) is 0 Å². The van der Waals surface area contributed by atoms with E-state index in [0.29, 0.717) is 4.91 Å². The van der Waals surface area contributed by atoms with Crippen LogP contribution in [0, 0.1) is 0 Å². The topological polar surface area (TPSA) is 40.6 Å². The molecule has 0 saturated carbocycles. The molecule has 0 radical (unpaired) electrons. The number of hydrogen-bond acceptors (Lipinski definition) is 4. The number of imide groups is 1. The summed E-state index contributed by atoms with van der Waals surface area (Å²) in [5.41, 5.74) is 4.50. The van der Waals surface area contributed by atoms with Crippen molar-refractivity contribution >= 4 is 40.2 Å². The van der Waals surface area contributed by atoms with Crippen molar-refractivity contribution in [2.75, 3.05) is 18.0 Å². The molecule has 2 amide bonds. The summed E-state index contributed by atoms with van der Waals surface area (Å²) in [7, 11) is 0. The maximum Gasteiger partial charge on any atom is 0.293 e. The number of thioether (sulfide) groups is 1. The number of carbonyl (C=O) groups is 2. The fourth-order valence-electron chi connectivity index (χ4n) is 3.71. The number of hydrogen-bond donors (Lipinski definition) is 0. The first-order valence-electron chi connectivity index (χ1n) is 8.76. The summed E-state index contributed by atoms with van der Waals surface area (Å²) in [6, 6.07) is 6.22. The molecule has 0 aliphatic carbocycles. The van der Waals surface area contributed by atoms with Crippen LogP contribution in [-0.4, -0.2) is 34.7 Å². The van der Waals surface area contributed by atoms with Gasteiger partial charge in [0, 0.05) is 24.3 Å². The molecule has 2 aliphatic heterocycles. The molecular weight excluding hydrogens is 344 g/mol. The molecule has 136 valence electrons. The highest BCUT2D eigenvalue weighted by molar-refractivity contribution is 8.18. The van der Waals surface area contributed by atoms with Crippen molar-refractivity contribution in [1.29, 1.82) is 0 Å². The Morgan fingerprint density at radius 1 is 1.27 bits per heavy atom. The van der Waals surface area contributed by atoms with Crippen molar-refractivity contribution in [3.05, 3.63) is 53.0 Å². The molecule has 2 aliphatic rings. The Bertz CT molecular complexity index is 852. The lowest BCUT2D eigenvalue weighted by Gasteiger charge is -2.42. The van der Waals surface area contributed by atoms with Gasteiger partial charge in [-0.05, 0) is 68.8 Å². The summed E-state index contributed by atoms with van der Waals surface area (Å²) in [5.74, 6) is -0.249. The number of likely N-dealkylation sites (N-methyl/N-ethyl adjacent to an activating group) is 1. The molecule has 5 heteroatoms. The lowest BCUT2D eigenvalue weighted by atomic mass is 9.88. The van der Waals surface area contributed by atoms with Gasteiger partial charge in [-0.2, -0.15) is 0 Å². The Hall–Kier alpha value is -2.27. The monoisotopic (exact) mass is 368 g/mol. The minimum absolute atomic E-state index is 0.0271. The van der Waals surface area contributed by atoms with Crippen LogP contribution in [0.25, 0.3) is 11.6 Å². The smallest absolute Gasteiger partial charge is 0.293 e. The van der Waals surface area contributed by atoms with Gasteiger partial charge in [-0.3, -0.25) is 14.5 Å². The molecule has 4 nitrogen and oxygen atoms in total. The molecule has 2 heterocycles. The minimum Gasteiger partial charge on any atom is -0.363 e. The van der Waals surface area contributed by atoms with Gasteiger partial charge in [-0.15, -0.1) is 6.58 Å². The number of amides is 2. The van der Waals surface area contributed by atoms with Gasteiger partial charge in [-0.1, -0.05) is 18.2 Å². The summed E-state index contributed by atoms with van der Waals surface area (Å²) >= 11 is 0.985. The second-order valence-electron chi connectivity index (χ2n) is 7.08. The van der Waals surface area contributed by atoms with E-state index in [2.05, 4.69) is 57.4 Å². The molecule has 1 saturated heterocycles. The molecule has 1 aromatic rings. The Balaban J connectivity index is 1.98. The quantitative estimate of drug-likeness (QED) is 0.558. The Morgan fingerprint density at radius 2 is 2.00 bits per heavy atom. The Kier molecular flexibility index (Phi) is 4.84. The zero-order chi connectivity index (χ0) is 19.1. The number of benzene rings is 1. The first kappa shape index (κ1) is 18.5.